The Labute approximate surface area is 126 Å². The zero-order valence-corrected chi connectivity index (χ0v) is 12.4. The van der Waals surface area contributed by atoms with Crippen molar-refractivity contribution >= 4 is 31.8 Å². The molecule has 116 valence electrons. The van der Waals surface area contributed by atoms with E-state index in [0.717, 1.165) is 5.56 Å². The van der Waals surface area contributed by atoms with Crippen molar-refractivity contribution in [2.45, 2.75) is 18.3 Å². The van der Waals surface area contributed by atoms with Crippen molar-refractivity contribution in [3.8, 4) is 0 Å². The minimum atomic E-state index is -4.10. The number of carbonyl (C=O) groups excluding carboxylic acids is 1. The van der Waals surface area contributed by atoms with Gasteiger partial charge in [-0.3, -0.25) is 4.79 Å². The Morgan fingerprint density at radius 3 is 2.43 bits per heavy atom. The molecule has 7 nitrogen and oxygen atoms in total. The van der Waals surface area contributed by atoms with Gasteiger partial charge in [-0.25, -0.2) is 13.2 Å². The lowest BCUT2D eigenvalue weighted by Gasteiger charge is -2.12. The van der Waals surface area contributed by atoms with E-state index >= 15 is 0 Å². The van der Waals surface area contributed by atoms with Crippen molar-refractivity contribution in [1.29, 1.82) is 0 Å². The summed E-state index contributed by atoms with van der Waals surface area (Å²) >= 11 is 0. The third kappa shape index (κ3) is 6.96. The molecule has 0 aliphatic heterocycles. The van der Waals surface area contributed by atoms with Crippen molar-refractivity contribution in [3.05, 3.63) is 35.9 Å². The predicted molar refractivity (Wildman–Crippen MR) is 75.4 cm³/mol. The second kappa shape index (κ2) is 7.84. The van der Waals surface area contributed by atoms with Gasteiger partial charge in [-0.1, -0.05) is 30.3 Å². The van der Waals surface area contributed by atoms with Crippen LogP contribution in [0.25, 0.3) is 0 Å². The molecule has 0 spiro atoms. The molecule has 0 radical (unpaired) electrons. The fourth-order valence-electron chi connectivity index (χ4n) is 1.44. The second-order valence-corrected chi connectivity index (χ2v) is 7.05. The largest absolute Gasteiger partial charge is 0.481 e. The van der Waals surface area contributed by atoms with Gasteiger partial charge in [0.2, 0.25) is 9.05 Å². The summed E-state index contributed by atoms with van der Waals surface area (Å²) in [6.07, 6.45) is -1.56. The van der Waals surface area contributed by atoms with Crippen LogP contribution in [0.4, 0.5) is 4.79 Å². The maximum Gasteiger partial charge on any atom is 0.407 e. The Morgan fingerprint density at radius 2 is 1.90 bits per heavy atom. The van der Waals surface area contributed by atoms with Gasteiger partial charge in [-0.15, -0.1) is 0 Å². The standard InChI is InChI=1S/C12H14ClNO6S/c13-21(18,19)10(6-11(15)16)7-14-12(17)20-8-9-4-2-1-3-5-9/h1-5,10H,6-8H2,(H,14,17)(H,15,16). The first-order chi connectivity index (χ1) is 9.79. The Hall–Kier alpha value is -1.80. The Morgan fingerprint density at radius 1 is 1.29 bits per heavy atom. The summed E-state index contributed by atoms with van der Waals surface area (Å²) in [5, 5.41) is 9.36. The molecule has 0 heterocycles. The van der Waals surface area contributed by atoms with Crippen LogP contribution in [0.5, 0.6) is 0 Å². The first kappa shape index (κ1) is 17.3. The first-order valence-corrected chi connectivity index (χ1v) is 8.26. The fraction of sp³-hybridized carbons (Fsp3) is 0.333. The number of nitrogens with one attached hydrogen (secondary N) is 1. The quantitative estimate of drug-likeness (QED) is 0.727. The average Bonchev–Trinajstić information content (AvgIpc) is 2.40. The highest BCUT2D eigenvalue weighted by Gasteiger charge is 2.26. The van der Waals surface area contributed by atoms with Crippen molar-refractivity contribution in [3.63, 3.8) is 0 Å². The molecular weight excluding hydrogens is 322 g/mol. The molecule has 1 unspecified atom stereocenters. The van der Waals surface area contributed by atoms with Crippen molar-refractivity contribution in [1.82, 2.24) is 5.32 Å². The van der Waals surface area contributed by atoms with Crippen LogP contribution in [0.2, 0.25) is 0 Å². The van der Waals surface area contributed by atoms with Crippen LogP contribution in [-0.2, 0) is 25.2 Å². The SMILES string of the molecule is O=C(O)CC(CNC(=O)OCc1ccccc1)S(=O)(=O)Cl. The van der Waals surface area contributed by atoms with Crippen molar-refractivity contribution in [2.75, 3.05) is 6.54 Å². The Bertz CT molecular complexity index is 589. The van der Waals surface area contributed by atoms with E-state index < -0.39 is 39.3 Å². The lowest BCUT2D eigenvalue weighted by Crippen LogP contribution is -2.36. The molecule has 2 N–H and O–H groups in total. The lowest BCUT2D eigenvalue weighted by molar-refractivity contribution is -0.137. The average molecular weight is 336 g/mol. The van der Waals surface area contributed by atoms with Gasteiger partial charge in [-0.05, 0) is 5.56 Å². The molecule has 1 aromatic rings. The normalized spacial score (nSPS) is 12.4. The Balaban J connectivity index is 2.45. The number of carboxylic acids is 1. The molecule has 0 aromatic heterocycles. The van der Waals surface area contributed by atoms with Gasteiger partial charge in [0, 0.05) is 17.2 Å². The zero-order chi connectivity index (χ0) is 15.9. The molecule has 1 amide bonds. The van der Waals surface area contributed by atoms with Gasteiger partial charge in [0.05, 0.1) is 6.42 Å². The molecule has 0 bridgehead atoms. The molecule has 0 saturated carbocycles. The highest BCUT2D eigenvalue weighted by molar-refractivity contribution is 8.14. The number of ether oxygens (including phenoxy) is 1. The molecule has 21 heavy (non-hydrogen) atoms. The number of amides is 1. The number of rotatable bonds is 7. The third-order valence-corrected chi connectivity index (χ3v) is 4.37. The molecule has 0 aliphatic carbocycles. The summed E-state index contributed by atoms with van der Waals surface area (Å²) in [5.74, 6) is -1.33. The molecule has 9 heteroatoms. The number of carbonyl (C=O) groups is 2. The summed E-state index contributed by atoms with van der Waals surface area (Å²) in [6, 6.07) is 8.87. The summed E-state index contributed by atoms with van der Waals surface area (Å²) in [6.45, 7) is -0.421. The molecule has 1 atom stereocenters. The van der Waals surface area contributed by atoms with Crippen LogP contribution in [-0.4, -0.2) is 37.4 Å². The molecule has 0 saturated heterocycles. The van der Waals surface area contributed by atoms with Gasteiger partial charge >= 0.3 is 12.1 Å². The monoisotopic (exact) mass is 335 g/mol. The van der Waals surface area contributed by atoms with Crippen LogP contribution in [0, 0.1) is 0 Å². The molecule has 1 aromatic carbocycles. The maximum absolute atomic E-state index is 11.4. The first-order valence-electron chi connectivity index (χ1n) is 5.89. The lowest BCUT2D eigenvalue weighted by atomic mass is 10.2. The highest BCUT2D eigenvalue weighted by atomic mass is 35.7. The highest BCUT2D eigenvalue weighted by Crippen LogP contribution is 2.11. The van der Waals surface area contributed by atoms with Gasteiger partial charge < -0.3 is 15.2 Å². The number of hydrogen-bond acceptors (Lipinski definition) is 5. The molecular formula is C12H14ClNO6S. The topological polar surface area (TPSA) is 110 Å². The van der Waals surface area contributed by atoms with Crippen molar-refractivity contribution in [2.24, 2.45) is 0 Å². The van der Waals surface area contributed by atoms with E-state index in [2.05, 4.69) is 5.32 Å². The van der Waals surface area contributed by atoms with E-state index in [1.54, 1.807) is 24.3 Å². The van der Waals surface area contributed by atoms with E-state index in [1.807, 2.05) is 6.07 Å². The van der Waals surface area contributed by atoms with Crippen molar-refractivity contribution < 1.29 is 27.9 Å². The van der Waals surface area contributed by atoms with Crippen LogP contribution in [0.15, 0.2) is 30.3 Å². The molecule has 0 aliphatic rings. The number of alkyl carbamates (subject to hydrolysis) is 1. The third-order valence-electron chi connectivity index (χ3n) is 2.49. The van der Waals surface area contributed by atoms with Gasteiger partial charge in [0.25, 0.3) is 0 Å². The predicted octanol–water partition coefficient (Wildman–Crippen LogP) is 1.32. The number of halogens is 1. The second-order valence-electron chi connectivity index (χ2n) is 4.14. The van der Waals surface area contributed by atoms with E-state index in [9.17, 15) is 18.0 Å². The maximum atomic E-state index is 11.4. The zero-order valence-electron chi connectivity index (χ0n) is 10.9. The fourth-order valence-corrected chi connectivity index (χ4v) is 2.44. The van der Waals surface area contributed by atoms with E-state index in [0.29, 0.717) is 0 Å². The van der Waals surface area contributed by atoms with E-state index in [4.69, 9.17) is 20.5 Å². The Kier molecular flexibility index (Phi) is 6.44. The van der Waals surface area contributed by atoms with Crippen LogP contribution < -0.4 is 5.32 Å². The van der Waals surface area contributed by atoms with Gasteiger partial charge in [0.1, 0.15) is 11.9 Å². The van der Waals surface area contributed by atoms with Crippen LogP contribution in [0.1, 0.15) is 12.0 Å². The van der Waals surface area contributed by atoms with Gasteiger partial charge in [-0.2, -0.15) is 0 Å². The van der Waals surface area contributed by atoms with Gasteiger partial charge in [0.15, 0.2) is 0 Å². The van der Waals surface area contributed by atoms with E-state index in [1.165, 1.54) is 0 Å². The minimum absolute atomic E-state index is 0.0178. The van der Waals surface area contributed by atoms with Crippen LogP contribution >= 0.6 is 10.7 Å². The molecule has 1 rings (SSSR count). The smallest absolute Gasteiger partial charge is 0.407 e. The number of benzene rings is 1. The molecule has 0 fully saturated rings. The van der Waals surface area contributed by atoms with Crippen LogP contribution in [0.3, 0.4) is 0 Å². The minimum Gasteiger partial charge on any atom is -0.481 e. The number of hydrogen-bond donors (Lipinski definition) is 2. The summed E-state index contributed by atoms with van der Waals surface area (Å²) in [7, 11) is 1.01. The summed E-state index contributed by atoms with van der Waals surface area (Å²) in [5.41, 5.74) is 0.764. The number of aliphatic carboxylic acids is 1. The van der Waals surface area contributed by atoms with E-state index in [-0.39, 0.29) is 6.61 Å². The number of carboxylic acid groups (broad SMARTS) is 1. The summed E-state index contributed by atoms with van der Waals surface area (Å²) in [4.78, 5) is 22.0. The summed E-state index contributed by atoms with van der Waals surface area (Å²) < 4.78 is 27.2.